The summed E-state index contributed by atoms with van der Waals surface area (Å²) in [5.41, 5.74) is -0.0298. The fourth-order valence-corrected chi connectivity index (χ4v) is 2.98. The van der Waals surface area contributed by atoms with Gasteiger partial charge < -0.3 is 15.3 Å². The van der Waals surface area contributed by atoms with Gasteiger partial charge in [0.15, 0.2) is 0 Å². The fourth-order valence-electron chi connectivity index (χ4n) is 2.98. The van der Waals surface area contributed by atoms with Crippen LogP contribution in [0.5, 0.6) is 0 Å². The summed E-state index contributed by atoms with van der Waals surface area (Å²) < 4.78 is 1.33. The Morgan fingerprint density at radius 2 is 2.09 bits per heavy atom. The number of aromatic carboxylic acids is 1. The lowest BCUT2D eigenvalue weighted by Gasteiger charge is -2.16. The highest BCUT2D eigenvalue weighted by Gasteiger charge is 2.37. The molecule has 1 saturated heterocycles. The molecule has 2 aliphatic rings. The highest BCUT2D eigenvalue weighted by molar-refractivity contribution is 5.99. The molecule has 1 atom stereocenters. The van der Waals surface area contributed by atoms with Gasteiger partial charge in [-0.1, -0.05) is 0 Å². The SMILES string of the molecule is Cn1ncc(C(=O)O)c1NC(=O)C[C@@H]1CCN(C(=O)C2CC2)C1. The van der Waals surface area contributed by atoms with Gasteiger partial charge in [0, 0.05) is 32.5 Å². The van der Waals surface area contributed by atoms with Crippen LogP contribution in [0.4, 0.5) is 5.82 Å². The lowest BCUT2D eigenvalue weighted by molar-refractivity contribution is -0.131. The first kappa shape index (κ1) is 15.5. The Morgan fingerprint density at radius 3 is 2.74 bits per heavy atom. The Labute approximate surface area is 133 Å². The molecular weight excluding hydrogens is 300 g/mol. The Morgan fingerprint density at radius 1 is 1.35 bits per heavy atom. The van der Waals surface area contributed by atoms with Crippen LogP contribution < -0.4 is 5.32 Å². The average Bonchev–Trinajstić information content (AvgIpc) is 3.15. The second-order valence-electron chi connectivity index (χ2n) is 6.30. The average molecular weight is 320 g/mol. The van der Waals surface area contributed by atoms with Crippen molar-refractivity contribution >= 4 is 23.6 Å². The zero-order valence-corrected chi connectivity index (χ0v) is 13.0. The van der Waals surface area contributed by atoms with Gasteiger partial charge in [-0.15, -0.1) is 0 Å². The van der Waals surface area contributed by atoms with E-state index in [1.807, 2.05) is 4.90 Å². The first-order chi connectivity index (χ1) is 11.0. The highest BCUT2D eigenvalue weighted by atomic mass is 16.4. The molecule has 8 heteroatoms. The second-order valence-corrected chi connectivity index (χ2v) is 6.30. The van der Waals surface area contributed by atoms with Crippen molar-refractivity contribution in [2.45, 2.75) is 25.7 Å². The number of aromatic nitrogens is 2. The molecule has 2 fully saturated rings. The maximum atomic E-state index is 12.2. The van der Waals surface area contributed by atoms with E-state index < -0.39 is 5.97 Å². The molecule has 0 radical (unpaired) electrons. The lowest BCUT2D eigenvalue weighted by Crippen LogP contribution is -2.30. The smallest absolute Gasteiger partial charge is 0.341 e. The fraction of sp³-hybridized carbons (Fsp3) is 0.600. The van der Waals surface area contributed by atoms with Gasteiger partial charge in [0.2, 0.25) is 11.8 Å². The van der Waals surface area contributed by atoms with Gasteiger partial charge in [0.25, 0.3) is 0 Å². The molecule has 23 heavy (non-hydrogen) atoms. The minimum Gasteiger partial charge on any atom is -0.477 e. The molecule has 0 unspecified atom stereocenters. The van der Waals surface area contributed by atoms with Crippen LogP contribution in [0.25, 0.3) is 0 Å². The summed E-state index contributed by atoms with van der Waals surface area (Å²) in [6.07, 6.45) is 4.27. The lowest BCUT2D eigenvalue weighted by atomic mass is 10.0. The van der Waals surface area contributed by atoms with Crippen molar-refractivity contribution in [1.29, 1.82) is 0 Å². The zero-order chi connectivity index (χ0) is 16.6. The molecule has 1 saturated carbocycles. The third-order valence-electron chi connectivity index (χ3n) is 4.43. The van der Waals surface area contributed by atoms with E-state index in [2.05, 4.69) is 10.4 Å². The quantitative estimate of drug-likeness (QED) is 0.831. The highest BCUT2D eigenvalue weighted by Crippen LogP contribution is 2.33. The van der Waals surface area contributed by atoms with E-state index in [9.17, 15) is 14.4 Å². The van der Waals surface area contributed by atoms with Crippen molar-refractivity contribution in [2.24, 2.45) is 18.9 Å². The van der Waals surface area contributed by atoms with Crippen LogP contribution in [-0.2, 0) is 16.6 Å². The Bertz CT molecular complexity index is 650. The molecule has 1 aliphatic carbocycles. The Kier molecular flexibility index (Phi) is 4.06. The van der Waals surface area contributed by atoms with Gasteiger partial charge in [-0.25, -0.2) is 4.79 Å². The molecule has 0 aromatic carbocycles. The molecule has 1 aromatic heterocycles. The first-order valence-electron chi connectivity index (χ1n) is 7.79. The number of hydrogen-bond donors (Lipinski definition) is 2. The summed E-state index contributed by atoms with van der Waals surface area (Å²) in [5.74, 6) is -0.647. The topological polar surface area (TPSA) is 105 Å². The predicted molar refractivity (Wildman–Crippen MR) is 80.8 cm³/mol. The number of aryl methyl sites for hydroxylation is 1. The van der Waals surface area contributed by atoms with Gasteiger partial charge in [-0.05, 0) is 25.2 Å². The molecule has 0 bridgehead atoms. The number of hydrogen-bond acceptors (Lipinski definition) is 4. The summed E-state index contributed by atoms with van der Waals surface area (Å²) in [4.78, 5) is 37.1. The summed E-state index contributed by atoms with van der Waals surface area (Å²) in [7, 11) is 1.58. The largest absolute Gasteiger partial charge is 0.477 e. The van der Waals surface area contributed by atoms with E-state index in [0.717, 1.165) is 19.3 Å². The van der Waals surface area contributed by atoms with Crippen molar-refractivity contribution in [3.8, 4) is 0 Å². The summed E-state index contributed by atoms with van der Waals surface area (Å²) in [5, 5.41) is 15.6. The molecule has 124 valence electrons. The number of carboxylic acid groups (broad SMARTS) is 1. The summed E-state index contributed by atoms with van der Waals surface area (Å²) in [6.45, 7) is 1.32. The maximum Gasteiger partial charge on any atom is 0.341 e. The normalized spacial score (nSPS) is 20.6. The van der Waals surface area contributed by atoms with Gasteiger partial charge in [0.1, 0.15) is 11.4 Å². The third kappa shape index (κ3) is 3.35. The maximum absolute atomic E-state index is 12.2. The van der Waals surface area contributed by atoms with Gasteiger partial charge in [0.05, 0.1) is 6.20 Å². The van der Waals surface area contributed by atoms with Crippen molar-refractivity contribution in [1.82, 2.24) is 14.7 Å². The molecule has 8 nitrogen and oxygen atoms in total. The Hall–Kier alpha value is -2.38. The molecule has 2 N–H and O–H groups in total. The standard InChI is InChI=1S/C15H20N4O4/c1-18-13(11(7-16-18)15(22)23)17-12(20)6-9-4-5-19(8-9)14(21)10-2-3-10/h7,9-10H,2-6,8H2,1H3,(H,17,20)(H,22,23)/t9-/m0/s1. The number of carboxylic acids is 1. The number of amides is 2. The van der Waals surface area contributed by atoms with Crippen LogP contribution >= 0.6 is 0 Å². The van der Waals surface area contributed by atoms with Crippen molar-refractivity contribution in [3.63, 3.8) is 0 Å². The van der Waals surface area contributed by atoms with E-state index in [0.29, 0.717) is 13.1 Å². The van der Waals surface area contributed by atoms with Crippen LogP contribution in [0, 0.1) is 11.8 Å². The Balaban J connectivity index is 1.55. The van der Waals surface area contributed by atoms with Crippen molar-refractivity contribution in [2.75, 3.05) is 18.4 Å². The van der Waals surface area contributed by atoms with Crippen molar-refractivity contribution in [3.05, 3.63) is 11.8 Å². The zero-order valence-electron chi connectivity index (χ0n) is 13.0. The number of carbonyl (C=O) groups is 3. The van der Waals surface area contributed by atoms with Crippen molar-refractivity contribution < 1.29 is 19.5 Å². The van der Waals surface area contributed by atoms with E-state index in [-0.39, 0.29) is 41.5 Å². The van der Waals surface area contributed by atoms with Crippen LogP contribution in [0.1, 0.15) is 36.0 Å². The van der Waals surface area contributed by atoms with Crippen LogP contribution in [0.3, 0.4) is 0 Å². The number of carbonyl (C=O) groups excluding carboxylic acids is 2. The number of rotatable bonds is 5. The third-order valence-corrected chi connectivity index (χ3v) is 4.43. The van der Waals surface area contributed by atoms with Gasteiger partial charge >= 0.3 is 5.97 Å². The molecule has 2 amide bonds. The molecule has 1 aromatic rings. The number of anilines is 1. The minimum absolute atomic E-state index is 0.0298. The number of likely N-dealkylation sites (tertiary alicyclic amines) is 1. The predicted octanol–water partition coefficient (Wildman–Crippen LogP) is 0.705. The van der Waals surface area contributed by atoms with Crippen LogP contribution in [-0.4, -0.2) is 50.7 Å². The van der Waals surface area contributed by atoms with E-state index in [1.54, 1.807) is 7.05 Å². The molecule has 2 heterocycles. The number of nitrogens with one attached hydrogen (secondary N) is 1. The molecule has 1 aliphatic heterocycles. The van der Waals surface area contributed by atoms with Crippen LogP contribution in [0.15, 0.2) is 6.20 Å². The second kappa shape index (κ2) is 6.02. The summed E-state index contributed by atoms with van der Waals surface area (Å²) in [6, 6.07) is 0. The molecular formula is C15H20N4O4. The summed E-state index contributed by atoms with van der Waals surface area (Å²) >= 11 is 0. The van der Waals surface area contributed by atoms with E-state index in [4.69, 9.17) is 5.11 Å². The molecule has 3 rings (SSSR count). The van der Waals surface area contributed by atoms with Gasteiger partial charge in [-0.3, -0.25) is 14.3 Å². The first-order valence-corrected chi connectivity index (χ1v) is 7.79. The number of nitrogens with zero attached hydrogens (tertiary/aromatic N) is 3. The minimum atomic E-state index is -1.13. The monoisotopic (exact) mass is 320 g/mol. The van der Waals surface area contributed by atoms with Gasteiger partial charge in [-0.2, -0.15) is 5.10 Å². The van der Waals surface area contributed by atoms with E-state index >= 15 is 0 Å². The van der Waals surface area contributed by atoms with Crippen LogP contribution in [0.2, 0.25) is 0 Å². The molecule has 0 spiro atoms. The van der Waals surface area contributed by atoms with E-state index in [1.165, 1.54) is 10.9 Å².